The third-order valence-corrected chi connectivity index (χ3v) is 9.38. The maximum absolute atomic E-state index is 14.8. The molecule has 3 aliphatic rings. The van der Waals surface area contributed by atoms with E-state index >= 15 is 0 Å². The van der Waals surface area contributed by atoms with Crippen molar-refractivity contribution in [2.45, 2.75) is 30.8 Å². The quantitative estimate of drug-likeness (QED) is 0.261. The minimum Gasteiger partial charge on any atom is -0.493 e. The summed E-state index contributed by atoms with van der Waals surface area (Å²) in [5, 5.41) is 4.94. The second kappa shape index (κ2) is 9.85. The van der Waals surface area contributed by atoms with Crippen molar-refractivity contribution in [3.63, 3.8) is 0 Å². The Morgan fingerprint density at radius 3 is 2.56 bits per heavy atom. The third-order valence-electron chi connectivity index (χ3n) is 8.50. The molecule has 4 aromatic rings. The van der Waals surface area contributed by atoms with E-state index in [2.05, 4.69) is 5.32 Å². The summed E-state index contributed by atoms with van der Waals surface area (Å²) in [6, 6.07) is 24.8. The third kappa shape index (κ3) is 3.65. The van der Waals surface area contributed by atoms with Crippen molar-refractivity contribution in [3.05, 3.63) is 124 Å². The zero-order valence-electron chi connectivity index (χ0n) is 22.4. The van der Waals surface area contributed by atoms with Crippen LogP contribution in [0, 0.1) is 5.92 Å². The molecule has 4 heterocycles. The van der Waals surface area contributed by atoms with Crippen LogP contribution < -0.4 is 10.1 Å². The Morgan fingerprint density at radius 2 is 1.73 bits per heavy atom. The van der Waals surface area contributed by atoms with Gasteiger partial charge in [0, 0.05) is 11.9 Å². The number of hydrogen-bond acceptors (Lipinski definition) is 6. The SMILES string of the molecule is CCCOc1ccccc1C(=O)[C@H]1[C@H](C(=O)c2cccs2)[C@]2(C(=O)Nc3ccccc32)[C@H]2c3ccccc3C=CN12. The number of thiophene rings is 1. The summed E-state index contributed by atoms with van der Waals surface area (Å²) in [5.74, 6) is -1.22. The molecule has 0 radical (unpaired) electrons. The van der Waals surface area contributed by atoms with Crippen LogP contribution in [0.25, 0.3) is 6.08 Å². The number of hydrogen-bond donors (Lipinski definition) is 1. The van der Waals surface area contributed by atoms with Gasteiger partial charge >= 0.3 is 0 Å². The maximum Gasteiger partial charge on any atom is 0.238 e. The van der Waals surface area contributed by atoms with Crippen LogP contribution in [0.1, 0.15) is 56.1 Å². The molecule has 0 aliphatic carbocycles. The van der Waals surface area contributed by atoms with Crippen molar-refractivity contribution < 1.29 is 19.1 Å². The predicted molar refractivity (Wildman–Crippen MR) is 159 cm³/mol. The minimum atomic E-state index is -1.34. The number of carbonyl (C=O) groups excluding carboxylic acids is 3. The molecule has 1 N–H and O–H groups in total. The molecule has 3 aromatic carbocycles. The van der Waals surface area contributed by atoms with Crippen LogP contribution in [0.15, 0.2) is 96.5 Å². The predicted octanol–water partition coefficient (Wildman–Crippen LogP) is 6.52. The number of para-hydroxylation sites is 2. The number of anilines is 1. The Kier molecular flexibility index (Phi) is 6.12. The molecule has 7 rings (SSSR count). The molecule has 4 atom stereocenters. The molecular weight excluding hydrogens is 532 g/mol. The molecule has 7 heteroatoms. The lowest BCUT2D eigenvalue weighted by Gasteiger charge is -2.38. The Bertz CT molecular complexity index is 1710. The van der Waals surface area contributed by atoms with Gasteiger partial charge in [0.1, 0.15) is 17.2 Å². The fraction of sp³-hybridized carbons (Fsp3) is 0.206. The summed E-state index contributed by atoms with van der Waals surface area (Å²) in [4.78, 5) is 46.4. The lowest BCUT2D eigenvalue weighted by atomic mass is 9.63. The average Bonchev–Trinajstić information content (AvgIpc) is 3.72. The van der Waals surface area contributed by atoms with Gasteiger partial charge < -0.3 is 15.0 Å². The van der Waals surface area contributed by atoms with Gasteiger partial charge in [0.25, 0.3) is 0 Å². The first-order valence-corrected chi connectivity index (χ1v) is 14.7. The van der Waals surface area contributed by atoms with Crippen LogP contribution in [0.2, 0.25) is 0 Å². The van der Waals surface area contributed by atoms with Crippen molar-refractivity contribution in [2.75, 3.05) is 11.9 Å². The summed E-state index contributed by atoms with van der Waals surface area (Å²) in [7, 11) is 0. The zero-order valence-corrected chi connectivity index (χ0v) is 23.3. The number of nitrogens with one attached hydrogen (secondary N) is 1. The highest BCUT2D eigenvalue weighted by Gasteiger charge is 2.71. The summed E-state index contributed by atoms with van der Waals surface area (Å²) >= 11 is 1.33. The van der Waals surface area contributed by atoms with E-state index in [1.165, 1.54) is 11.3 Å². The second-order valence-electron chi connectivity index (χ2n) is 10.6. The van der Waals surface area contributed by atoms with Gasteiger partial charge in [-0.2, -0.15) is 0 Å². The Morgan fingerprint density at radius 1 is 0.951 bits per heavy atom. The molecule has 1 amide bonds. The summed E-state index contributed by atoms with van der Waals surface area (Å²) in [6.45, 7) is 2.48. The molecule has 3 aliphatic heterocycles. The van der Waals surface area contributed by atoms with Crippen LogP contribution in [0.5, 0.6) is 5.75 Å². The van der Waals surface area contributed by atoms with E-state index in [1.54, 1.807) is 18.2 Å². The lowest BCUT2D eigenvalue weighted by molar-refractivity contribution is -0.122. The van der Waals surface area contributed by atoms with Gasteiger partial charge in [-0.25, -0.2) is 0 Å². The number of fused-ring (bicyclic) bond motifs is 6. The highest BCUT2D eigenvalue weighted by Crippen LogP contribution is 2.62. The first-order valence-electron chi connectivity index (χ1n) is 13.9. The lowest BCUT2D eigenvalue weighted by Crippen LogP contribution is -2.49. The molecule has 1 aromatic heterocycles. The van der Waals surface area contributed by atoms with Crippen molar-refractivity contribution in [1.29, 1.82) is 0 Å². The molecule has 0 unspecified atom stereocenters. The van der Waals surface area contributed by atoms with Crippen molar-refractivity contribution >= 4 is 40.6 Å². The van der Waals surface area contributed by atoms with Gasteiger partial charge in [-0.15, -0.1) is 11.3 Å². The molecule has 6 nitrogen and oxygen atoms in total. The van der Waals surface area contributed by atoms with Crippen LogP contribution >= 0.6 is 11.3 Å². The Labute approximate surface area is 242 Å². The summed E-state index contributed by atoms with van der Waals surface area (Å²) in [6.07, 6.45) is 4.65. The van der Waals surface area contributed by atoms with Gasteiger partial charge in [0.15, 0.2) is 11.6 Å². The van der Waals surface area contributed by atoms with Gasteiger partial charge in [-0.3, -0.25) is 14.4 Å². The van der Waals surface area contributed by atoms with Gasteiger partial charge in [0.05, 0.1) is 29.0 Å². The van der Waals surface area contributed by atoms with E-state index in [1.807, 2.05) is 96.2 Å². The summed E-state index contributed by atoms with van der Waals surface area (Å²) in [5.41, 5.74) is 2.37. The zero-order chi connectivity index (χ0) is 28.1. The summed E-state index contributed by atoms with van der Waals surface area (Å²) < 4.78 is 6.00. The fourth-order valence-electron chi connectivity index (χ4n) is 6.91. The first kappa shape index (κ1) is 25.5. The number of ketones is 2. The van der Waals surface area contributed by atoms with E-state index in [0.717, 1.165) is 23.1 Å². The van der Waals surface area contributed by atoms with Crippen molar-refractivity contribution in [2.24, 2.45) is 5.92 Å². The smallest absolute Gasteiger partial charge is 0.238 e. The number of rotatable bonds is 7. The number of benzene rings is 3. The molecular formula is C34H28N2O4S. The molecule has 41 heavy (non-hydrogen) atoms. The van der Waals surface area contributed by atoms with Crippen molar-refractivity contribution in [1.82, 2.24) is 4.90 Å². The van der Waals surface area contributed by atoms with Gasteiger partial charge in [-0.05, 0) is 58.8 Å². The Balaban J connectivity index is 1.51. The maximum atomic E-state index is 14.8. The van der Waals surface area contributed by atoms with E-state index in [9.17, 15) is 14.4 Å². The first-order chi connectivity index (χ1) is 20.1. The van der Waals surface area contributed by atoms with E-state index in [-0.39, 0.29) is 17.5 Å². The van der Waals surface area contributed by atoms with E-state index in [0.29, 0.717) is 28.5 Å². The highest BCUT2D eigenvalue weighted by molar-refractivity contribution is 7.12. The van der Waals surface area contributed by atoms with Crippen LogP contribution in [0.3, 0.4) is 0 Å². The molecule has 1 spiro atoms. The monoisotopic (exact) mass is 560 g/mol. The topological polar surface area (TPSA) is 75.7 Å². The number of nitrogens with zero attached hydrogens (tertiary/aromatic N) is 1. The number of ether oxygens (including phenoxy) is 1. The van der Waals surface area contributed by atoms with Crippen LogP contribution in [0.4, 0.5) is 5.69 Å². The minimum absolute atomic E-state index is 0.211. The van der Waals surface area contributed by atoms with Crippen molar-refractivity contribution in [3.8, 4) is 5.75 Å². The largest absolute Gasteiger partial charge is 0.493 e. The van der Waals surface area contributed by atoms with Crippen LogP contribution in [-0.4, -0.2) is 35.0 Å². The number of carbonyl (C=O) groups is 3. The van der Waals surface area contributed by atoms with E-state index in [4.69, 9.17) is 4.74 Å². The fourth-order valence-corrected chi connectivity index (χ4v) is 7.61. The standard InChI is InChI=1S/C34H28N2O4S/c1-2-19-40-26-15-8-5-12-23(26)30(37)29-28(31(38)27-16-9-20-41-27)34(24-13-6-7-14-25(24)35-33(34)39)32-22-11-4-3-10-21(22)17-18-36(29)32/h3-18,20,28-29,32H,2,19H2,1H3,(H,35,39)/t28-,29-,32-,34+/m1/s1. The molecule has 0 bridgehead atoms. The molecule has 1 saturated heterocycles. The second-order valence-corrected chi connectivity index (χ2v) is 11.6. The van der Waals surface area contributed by atoms with E-state index < -0.39 is 23.4 Å². The van der Waals surface area contributed by atoms with Crippen LogP contribution in [-0.2, 0) is 10.2 Å². The molecule has 1 fully saturated rings. The normalized spacial score (nSPS) is 23.6. The molecule has 204 valence electrons. The molecule has 0 saturated carbocycles. The highest BCUT2D eigenvalue weighted by atomic mass is 32.1. The van der Waals surface area contributed by atoms with Gasteiger partial charge in [0.2, 0.25) is 5.91 Å². The Hall–Kier alpha value is -4.49. The number of amides is 1. The average molecular weight is 561 g/mol. The van der Waals surface area contributed by atoms with Gasteiger partial charge in [-0.1, -0.05) is 67.6 Å². The number of Topliss-reactive ketones (excluding diaryl/α,β-unsaturated/α-hetero) is 2.